The summed E-state index contributed by atoms with van der Waals surface area (Å²) in [7, 11) is 1.57. The number of hydrogen-bond acceptors (Lipinski definition) is 3. The molecule has 0 spiro atoms. The number of amides is 2. The van der Waals surface area contributed by atoms with Gasteiger partial charge in [0.2, 0.25) is 5.91 Å². The second-order valence-corrected chi connectivity index (χ2v) is 4.49. The van der Waals surface area contributed by atoms with Gasteiger partial charge in [0, 0.05) is 24.7 Å². The van der Waals surface area contributed by atoms with Gasteiger partial charge in [-0.3, -0.25) is 9.59 Å². The standard InChI is InChI=1S/C14H20N2O3/c1-9(17)7-8-13(18)16-12-6-4-5-11(10(12)2)14(19)15-3/h4-6,9,17H,7-8H2,1-3H3,(H,15,19)(H,16,18). The molecular formula is C14H20N2O3. The van der Waals surface area contributed by atoms with Crippen LogP contribution in [0.25, 0.3) is 0 Å². The zero-order valence-corrected chi connectivity index (χ0v) is 11.5. The zero-order valence-electron chi connectivity index (χ0n) is 11.5. The summed E-state index contributed by atoms with van der Waals surface area (Å²) in [5.74, 6) is -0.351. The van der Waals surface area contributed by atoms with Crippen molar-refractivity contribution in [2.24, 2.45) is 0 Å². The third-order valence-corrected chi connectivity index (χ3v) is 2.87. The van der Waals surface area contributed by atoms with Gasteiger partial charge in [-0.15, -0.1) is 0 Å². The maximum Gasteiger partial charge on any atom is 0.251 e. The molecule has 0 aliphatic rings. The van der Waals surface area contributed by atoms with E-state index in [4.69, 9.17) is 5.11 Å². The number of carbonyl (C=O) groups excluding carboxylic acids is 2. The highest BCUT2D eigenvalue weighted by Crippen LogP contribution is 2.19. The molecular weight excluding hydrogens is 244 g/mol. The molecule has 0 saturated heterocycles. The zero-order chi connectivity index (χ0) is 14.4. The maximum atomic E-state index is 11.7. The molecule has 0 radical (unpaired) electrons. The Kier molecular flexibility index (Phi) is 5.51. The summed E-state index contributed by atoms with van der Waals surface area (Å²) in [6.45, 7) is 3.43. The normalized spacial score (nSPS) is 11.8. The summed E-state index contributed by atoms with van der Waals surface area (Å²) in [6.07, 6.45) is 0.172. The maximum absolute atomic E-state index is 11.7. The van der Waals surface area contributed by atoms with E-state index in [1.54, 1.807) is 39.1 Å². The molecule has 3 N–H and O–H groups in total. The molecule has 19 heavy (non-hydrogen) atoms. The van der Waals surface area contributed by atoms with Crippen molar-refractivity contribution in [2.45, 2.75) is 32.8 Å². The second-order valence-electron chi connectivity index (χ2n) is 4.49. The molecule has 1 unspecified atom stereocenters. The van der Waals surface area contributed by atoms with Crippen molar-refractivity contribution in [3.05, 3.63) is 29.3 Å². The number of rotatable bonds is 5. The van der Waals surface area contributed by atoms with E-state index < -0.39 is 6.10 Å². The quantitative estimate of drug-likeness (QED) is 0.753. The minimum atomic E-state index is -0.496. The number of aliphatic hydroxyl groups excluding tert-OH is 1. The molecule has 0 fully saturated rings. The fraction of sp³-hybridized carbons (Fsp3) is 0.429. The van der Waals surface area contributed by atoms with E-state index in [9.17, 15) is 9.59 Å². The molecule has 0 saturated carbocycles. The van der Waals surface area contributed by atoms with Gasteiger partial charge in [-0.2, -0.15) is 0 Å². The van der Waals surface area contributed by atoms with Crippen molar-refractivity contribution < 1.29 is 14.7 Å². The van der Waals surface area contributed by atoms with Gasteiger partial charge in [-0.25, -0.2) is 0 Å². The van der Waals surface area contributed by atoms with Gasteiger partial charge in [-0.05, 0) is 38.0 Å². The Morgan fingerprint density at radius 1 is 1.37 bits per heavy atom. The Morgan fingerprint density at radius 3 is 2.63 bits per heavy atom. The third kappa shape index (κ3) is 4.37. The first-order valence-corrected chi connectivity index (χ1v) is 6.25. The van der Waals surface area contributed by atoms with Crippen LogP contribution in [0.4, 0.5) is 5.69 Å². The van der Waals surface area contributed by atoms with Crippen LogP contribution < -0.4 is 10.6 Å². The lowest BCUT2D eigenvalue weighted by Gasteiger charge is -2.12. The molecule has 2 amide bonds. The Balaban J connectivity index is 2.79. The number of benzene rings is 1. The van der Waals surface area contributed by atoms with Crippen LogP contribution >= 0.6 is 0 Å². The Labute approximate surface area is 113 Å². The van der Waals surface area contributed by atoms with Crippen molar-refractivity contribution in [1.82, 2.24) is 5.32 Å². The average Bonchev–Trinajstić information content (AvgIpc) is 2.38. The van der Waals surface area contributed by atoms with E-state index in [-0.39, 0.29) is 18.2 Å². The molecule has 1 aromatic rings. The average molecular weight is 264 g/mol. The van der Waals surface area contributed by atoms with E-state index >= 15 is 0 Å². The predicted molar refractivity (Wildman–Crippen MR) is 74.1 cm³/mol. The van der Waals surface area contributed by atoms with Crippen LogP contribution in [-0.4, -0.2) is 30.1 Å². The summed E-state index contributed by atoms with van der Waals surface area (Å²) < 4.78 is 0. The summed E-state index contributed by atoms with van der Waals surface area (Å²) in [5, 5.41) is 14.5. The van der Waals surface area contributed by atoms with E-state index in [0.29, 0.717) is 17.7 Å². The number of nitrogens with one attached hydrogen (secondary N) is 2. The molecule has 5 heteroatoms. The van der Waals surface area contributed by atoms with Crippen LogP contribution in [0, 0.1) is 6.92 Å². The Morgan fingerprint density at radius 2 is 2.05 bits per heavy atom. The van der Waals surface area contributed by atoms with Gasteiger partial charge in [0.05, 0.1) is 6.10 Å². The van der Waals surface area contributed by atoms with Gasteiger partial charge >= 0.3 is 0 Å². The highest BCUT2D eigenvalue weighted by atomic mass is 16.3. The molecule has 104 valence electrons. The molecule has 0 bridgehead atoms. The Hall–Kier alpha value is -1.88. The molecule has 1 rings (SSSR count). The fourth-order valence-corrected chi connectivity index (χ4v) is 1.70. The second kappa shape index (κ2) is 6.89. The molecule has 5 nitrogen and oxygen atoms in total. The highest BCUT2D eigenvalue weighted by Gasteiger charge is 2.12. The highest BCUT2D eigenvalue weighted by molar-refractivity contribution is 5.99. The smallest absolute Gasteiger partial charge is 0.251 e. The van der Waals surface area contributed by atoms with E-state index in [1.807, 2.05) is 0 Å². The van der Waals surface area contributed by atoms with Gasteiger partial charge in [-0.1, -0.05) is 6.07 Å². The summed E-state index contributed by atoms with van der Waals surface area (Å²) in [4.78, 5) is 23.3. The summed E-state index contributed by atoms with van der Waals surface area (Å²) in [5.41, 5.74) is 1.89. The lowest BCUT2D eigenvalue weighted by molar-refractivity contribution is -0.116. The predicted octanol–water partition coefficient (Wildman–Crippen LogP) is 1.45. The first kappa shape index (κ1) is 15.2. The van der Waals surface area contributed by atoms with Gasteiger partial charge in [0.15, 0.2) is 0 Å². The molecule has 0 aromatic heterocycles. The van der Waals surface area contributed by atoms with Crippen molar-refractivity contribution in [3.8, 4) is 0 Å². The van der Waals surface area contributed by atoms with E-state index in [2.05, 4.69) is 10.6 Å². The molecule has 1 atom stereocenters. The molecule has 0 aliphatic heterocycles. The number of anilines is 1. The topological polar surface area (TPSA) is 78.4 Å². The van der Waals surface area contributed by atoms with Gasteiger partial charge in [0.1, 0.15) is 0 Å². The van der Waals surface area contributed by atoms with Crippen LogP contribution in [0.1, 0.15) is 35.7 Å². The van der Waals surface area contributed by atoms with Crippen molar-refractivity contribution >= 4 is 17.5 Å². The largest absolute Gasteiger partial charge is 0.393 e. The van der Waals surface area contributed by atoms with Crippen molar-refractivity contribution in [1.29, 1.82) is 0 Å². The van der Waals surface area contributed by atoms with E-state index in [0.717, 1.165) is 5.56 Å². The van der Waals surface area contributed by atoms with Gasteiger partial charge < -0.3 is 15.7 Å². The Bertz CT molecular complexity index is 470. The number of hydrogen-bond donors (Lipinski definition) is 3. The molecule has 0 aliphatic carbocycles. The van der Waals surface area contributed by atoms with Crippen molar-refractivity contribution in [3.63, 3.8) is 0 Å². The SMILES string of the molecule is CNC(=O)c1cccc(NC(=O)CCC(C)O)c1C. The molecule has 0 heterocycles. The van der Waals surface area contributed by atoms with E-state index in [1.165, 1.54) is 0 Å². The van der Waals surface area contributed by atoms with Crippen LogP contribution in [0.2, 0.25) is 0 Å². The first-order valence-electron chi connectivity index (χ1n) is 6.25. The fourth-order valence-electron chi connectivity index (χ4n) is 1.70. The molecule has 1 aromatic carbocycles. The summed E-state index contributed by atoms with van der Waals surface area (Å²) >= 11 is 0. The van der Waals surface area contributed by atoms with Crippen LogP contribution in [0.5, 0.6) is 0 Å². The van der Waals surface area contributed by atoms with Crippen LogP contribution in [0.3, 0.4) is 0 Å². The van der Waals surface area contributed by atoms with Gasteiger partial charge in [0.25, 0.3) is 5.91 Å². The lowest BCUT2D eigenvalue weighted by atomic mass is 10.1. The number of aliphatic hydroxyl groups is 1. The monoisotopic (exact) mass is 264 g/mol. The summed E-state index contributed by atoms with van der Waals surface area (Å²) in [6, 6.07) is 5.18. The van der Waals surface area contributed by atoms with Crippen LogP contribution in [0.15, 0.2) is 18.2 Å². The third-order valence-electron chi connectivity index (χ3n) is 2.87. The first-order chi connectivity index (χ1) is 8.95. The minimum Gasteiger partial charge on any atom is -0.393 e. The lowest BCUT2D eigenvalue weighted by Crippen LogP contribution is -2.20. The minimum absolute atomic E-state index is 0.168. The van der Waals surface area contributed by atoms with Crippen LogP contribution in [-0.2, 0) is 4.79 Å². The number of carbonyl (C=O) groups is 2. The van der Waals surface area contributed by atoms with Crippen molar-refractivity contribution in [2.75, 3.05) is 12.4 Å².